The molecular weight excluding hydrogens is 177 g/mol. The van der Waals surface area contributed by atoms with E-state index in [1.807, 2.05) is 18.7 Å². The van der Waals surface area contributed by atoms with Crippen LogP contribution in [0.1, 0.15) is 41.5 Å². The molecule has 0 heterocycles. The smallest absolute Gasteiger partial charge is 0.155 e. The predicted octanol–water partition coefficient (Wildman–Crippen LogP) is 3.55. The summed E-state index contributed by atoms with van der Waals surface area (Å²) >= 11 is 0. The Balaban J connectivity index is 4.22. The van der Waals surface area contributed by atoms with E-state index in [9.17, 15) is 4.39 Å². The van der Waals surface area contributed by atoms with E-state index in [2.05, 4.69) is 27.7 Å². The van der Waals surface area contributed by atoms with E-state index in [0.717, 1.165) is 13.1 Å². The highest BCUT2D eigenvalue weighted by molar-refractivity contribution is 4.68. The zero-order valence-corrected chi connectivity index (χ0v) is 10.5. The molecule has 0 radical (unpaired) electrons. The average Bonchev–Trinajstić information content (AvgIpc) is 1.99. The minimum absolute atomic E-state index is 0.0903. The summed E-state index contributed by atoms with van der Waals surface area (Å²) < 4.78 is 13.8. The van der Waals surface area contributed by atoms with Crippen molar-refractivity contribution in [1.82, 2.24) is 4.90 Å². The van der Waals surface area contributed by atoms with Gasteiger partial charge in [0.15, 0.2) is 6.30 Å². The van der Waals surface area contributed by atoms with Gasteiger partial charge < -0.3 is 0 Å². The molecule has 0 saturated carbocycles. The molecular formula is C12H26FN. The maximum atomic E-state index is 13.8. The molecule has 0 amide bonds. The van der Waals surface area contributed by atoms with Crippen LogP contribution in [0.2, 0.25) is 0 Å². The van der Waals surface area contributed by atoms with Crippen LogP contribution in [-0.2, 0) is 0 Å². The topological polar surface area (TPSA) is 3.24 Å². The third kappa shape index (κ3) is 5.58. The van der Waals surface area contributed by atoms with Crippen LogP contribution in [0.15, 0.2) is 0 Å². The summed E-state index contributed by atoms with van der Waals surface area (Å²) in [6.07, 6.45) is -0.792. The zero-order chi connectivity index (χ0) is 11.3. The monoisotopic (exact) mass is 203 g/mol. The lowest BCUT2D eigenvalue weighted by atomic mass is 10.1. The highest BCUT2D eigenvalue weighted by Gasteiger charge is 2.22. The Morgan fingerprint density at radius 3 is 1.43 bits per heavy atom. The lowest BCUT2D eigenvalue weighted by Crippen LogP contribution is -2.40. The van der Waals surface area contributed by atoms with Gasteiger partial charge in [-0.2, -0.15) is 0 Å². The molecule has 2 heteroatoms. The van der Waals surface area contributed by atoms with Crippen LogP contribution in [0.4, 0.5) is 4.39 Å². The molecule has 1 nitrogen and oxygen atoms in total. The van der Waals surface area contributed by atoms with E-state index in [1.165, 1.54) is 0 Å². The van der Waals surface area contributed by atoms with Crippen LogP contribution in [-0.4, -0.2) is 24.3 Å². The second-order valence-corrected chi connectivity index (χ2v) is 5.36. The second-order valence-electron chi connectivity index (χ2n) is 5.36. The molecule has 0 fully saturated rings. The van der Waals surface area contributed by atoms with Gasteiger partial charge in [-0.25, -0.2) is 4.39 Å². The standard InChI is InChI=1S/C12H26FN/c1-9(2)7-14(8-10(3)4)12(13)11(5)6/h9-12H,7-8H2,1-6H3. The van der Waals surface area contributed by atoms with E-state index in [-0.39, 0.29) is 5.92 Å². The van der Waals surface area contributed by atoms with Gasteiger partial charge in [0, 0.05) is 13.1 Å². The molecule has 0 spiro atoms. The van der Waals surface area contributed by atoms with Crippen LogP contribution < -0.4 is 0 Å². The number of rotatable bonds is 6. The summed E-state index contributed by atoms with van der Waals surface area (Å²) in [5.74, 6) is 1.16. The van der Waals surface area contributed by atoms with Gasteiger partial charge in [0.25, 0.3) is 0 Å². The van der Waals surface area contributed by atoms with E-state index in [1.54, 1.807) is 0 Å². The Labute approximate surface area is 88.7 Å². The molecule has 0 saturated heterocycles. The number of hydrogen-bond acceptors (Lipinski definition) is 1. The molecule has 0 N–H and O–H groups in total. The second kappa shape index (κ2) is 6.39. The third-order valence-electron chi connectivity index (χ3n) is 2.10. The first kappa shape index (κ1) is 13.9. The Kier molecular flexibility index (Phi) is 6.34. The highest BCUT2D eigenvalue weighted by atomic mass is 19.1. The predicted molar refractivity (Wildman–Crippen MR) is 61.0 cm³/mol. The molecule has 0 aliphatic rings. The molecule has 14 heavy (non-hydrogen) atoms. The summed E-state index contributed by atoms with van der Waals surface area (Å²) in [5.41, 5.74) is 0. The van der Waals surface area contributed by atoms with Crippen molar-refractivity contribution in [3.05, 3.63) is 0 Å². The Morgan fingerprint density at radius 1 is 0.857 bits per heavy atom. The van der Waals surface area contributed by atoms with Gasteiger partial charge in [-0.1, -0.05) is 41.5 Å². The Bertz CT molecular complexity index is 133. The normalized spacial score (nSPS) is 14.8. The van der Waals surface area contributed by atoms with Crippen molar-refractivity contribution >= 4 is 0 Å². The van der Waals surface area contributed by atoms with Gasteiger partial charge in [0.05, 0.1) is 0 Å². The van der Waals surface area contributed by atoms with Gasteiger partial charge in [0.1, 0.15) is 0 Å². The molecule has 0 aliphatic heterocycles. The number of hydrogen-bond donors (Lipinski definition) is 0. The third-order valence-corrected chi connectivity index (χ3v) is 2.10. The van der Waals surface area contributed by atoms with Crippen LogP contribution in [0.3, 0.4) is 0 Å². The summed E-state index contributed by atoms with van der Waals surface area (Å²) in [4.78, 5) is 1.97. The largest absolute Gasteiger partial charge is 0.273 e. The molecule has 0 bridgehead atoms. The lowest BCUT2D eigenvalue weighted by molar-refractivity contribution is 0.0260. The van der Waals surface area contributed by atoms with Gasteiger partial charge in [-0.05, 0) is 17.8 Å². The van der Waals surface area contributed by atoms with Crippen molar-refractivity contribution in [2.24, 2.45) is 17.8 Å². The first-order valence-corrected chi connectivity index (χ1v) is 5.72. The van der Waals surface area contributed by atoms with Crippen molar-refractivity contribution < 1.29 is 4.39 Å². The van der Waals surface area contributed by atoms with Crippen LogP contribution in [0, 0.1) is 17.8 Å². The van der Waals surface area contributed by atoms with Crippen molar-refractivity contribution in [2.45, 2.75) is 47.8 Å². The van der Waals surface area contributed by atoms with Gasteiger partial charge in [0.2, 0.25) is 0 Å². The van der Waals surface area contributed by atoms with Crippen molar-refractivity contribution in [3.8, 4) is 0 Å². The van der Waals surface area contributed by atoms with Gasteiger partial charge >= 0.3 is 0 Å². The molecule has 0 aromatic carbocycles. The molecule has 1 atom stereocenters. The Hall–Kier alpha value is -0.110. The van der Waals surface area contributed by atoms with Crippen molar-refractivity contribution in [3.63, 3.8) is 0 Å². The molecule has 0 aliphatic carbocycles. The fourth-order valence-corrected chi connectivity index (χ4v) is 1.64. The van der Waals surface area contributed by atoms with Gasteiger partial charge in [-0.15, -0.1) is 0 Å². The maximum absolute atomic E-state index is 13.8. The number of halogens is 1. The van der Waals surface area contributed by atoms with E-state index < -0.39 is 6.30 Å². The fourth-order valence-electron chi connectivity index (χ4n) is 1.64. The van der Waals surface area contributed by atoms with E-state index in [4.69, 9.17) is 0 Å². The summed E-state index contributed by atoms with van der Waals surface area (Å²) in [6, 6.07) is 0. The summed E-state index contributed by atoms with van der Waals surface area (Å²) in [7, 11) is 0. The van der Waals surface area contributed by atoms with E-state index >= 15 is 0 Å². The zero-order valence-electron chi connectivity index (χ0n) is 10.5. The van der Waals surface area contributed by atoms with Crippen molar-refractivity contribution in [2.75, 3.05) is 13.1 Å². The average molecular weight is 203 g/mol. The fraction of sp³-hybridized carbons (Fsp3) is 1.00. The Morgan fingerprint density at radius 2 is 1.21 bits per heavy atom. The number of nitrogens with zero attached hydrogens (tertiary/aromatic N) is 1. The lowest BCUT2D eigenvalue weighted by Gasteiger charge is -2.31. The molecule has 1 unspecified atom stereocenters. The molecule has 0 aromatic heterocycles. The van der Waals surface area contributed by atoms with Crippen LogP contribution in [0.5, 0.6) is 0 Å². The van der Waals surface area contributed by atoms with Crippen LogP contribution in [0.25, 0.3) is 0 Å². The summed E-state index contributed by atoms with van der Waals surface area (Å²) in [5, 5.41) is 0. The minimum atomic E-state index is -0.792. The first-order valence-electron chi connectivity index (χ1n) is 5.72. The highest BCUT2D eigenvalue weighted by Crippen LogP contribution is 2.15. The minimum Gasteiger partial charge on any atom is -0.273 e. The van der Waals surface area contributed by atoms with Crippen LogP contribution >= 0.6 is 0 Å². The molecule has 86 valence electrons. The van der Waals surface area contributed by atoms with Crippen molar-refractivity contribution in [1.29, 1.82) is 0 Å². The number of alkyl halides is 1. The van der Waals surface area contributed by atoms with E-state index in [0.29, 0.717) is 11.8 Å². The maximum Gasteiger partial charge on any atom is 0.155 e. The molecule has 0 rings (SSSR count). The summed E-state index contributed by atoms with van der Waals surface area (Å²) in [6.45, 7) is 14.2. The SMILES string of the molecule is CC(C)CN(CC(C)C)C(F)C(C)C. The van der Waals surface area contributed by atoms with Gasteiger partial charge in [-0.3, -0.25) is 4.90 Å². The quantitative estimate of drug-likeness (QED) is 0.597. The molecule has 0 aromatic rings. The first-order chi connectivity index (χ1) is 6.34.